The molecule has 0 saturated carbocycles. The zero-order valence-electron chi connectivity index (χ0n) is 9.41. The second-order valence-electron chi connectivity index (χ2n) is 3.50. The number of thioether (sulfide) groups is 1. The van der Waals surface area contributed by atoms with Gasteiger partial charge in [-0.1, -0.05) is 26.0 Å². The molecule has 1 N–H and O–H groups in total. The van der Waals surface area contributed by atoms with Crippen LogP contribution in [0.2, 0.25) is 0 Å². The quantitative estimate of drug-likeness (QED) is 0.793. The molecule has 0 unspecified atom stereocenters. The Bertz CT molecular complexity index is 338. The number of benzene rings is 1. The third-order valence-corrected chi connectivity index (χ3v) is 3.22. The van der Waals surface area contributed by atoms with E-state index in [9.17, 15) is 4.79 Å². The highest BCUT2D eigenvalue weighted by Gasteiger charge is 2.11. The van der Waals surface area contributed by atoms with E-state index < -0.39 is 0 Å². The smallest absolute Gasteiger partial charge is 0.227 e. The van der Waals surface area contributed by atoms with E-state index in [0.717, 1.165) is 17.0 Å². The van der Waals surface area contributed by atoms with E-state index in [1.165, 1.54) is 0 Å². The second kappa shape index (κ2) is 5.81. The first-order valence-corrected chi connectivity index (χ1v) is 6.35. The van der Waals surface area contributed by atoms with Crippen molar-refractivity contribution in [2.75, 3.05) is 11.6 Å². The van der Waals surface area contributed by atoms with Gasteiger partial charge in [-0.2, -0.15) is 0 Å². The van der Waals surface area contributed by atoms with Crippen LogP contribution in [0, 0.1) is 5.92 Å². The minimum absolute atomic E-state index is 0.0694. The molecule has 0 aromatic heterocycles. The molecule has 1 aromatic carbocycles. The van der Waals surface area contributed by atoms with E-state index in [0.29, 0.717) is 0 Å². The molecule has 0 aliphatic heterocycles. The maximum atomic E-state index is 11.7. The fourth-order valence-electron chi connectivity index (χ4n) is 1.19. The SMILES string of the molecule is CC[C@H](C)C(=O)Nc1ccccc1SC. The summed E-state index contributed by atoms with van der Waals surface area (Å²) in [4.78, 5) is 12.8. The van der Waals surface area contributed by atoms with Gasteiger partial charge in [0, 0.05) is 10.8 Å². The average molecular weight is 223 g/mol. The Kier molecular flexibility index (Phi) is 4.69. The van der Waals surface area contributed by atoms with E-state index in [1.54, 1.807) is 11.8 Å². The van der Waals surface area contributed by atoms with Gasteiger partial charge in [0.1, 0.15) is 0 Å². The summed E-state index contributed by atoms with van der Waals surface area (Å²) in [5, 5.41) is 2.95. The molecule has 0 spiro atoms. The van der Waals surface area contributed by atoms with Crippen LogP contribution < -0.4 is 5.32 Å². The molecule has 0 aliphatic carbocycles. The molecule has 82 valence electrons. The zero-order chi connectivity index (χ0) is 11.3. The number of carbonyl (C=O) groups is 1. The number of rotatable bonds is 4. The normalized spacial score (nSPS) is 12.2. The highest BCUT2D eigenvalue weighted by atomic mass is 32.2. The number of hydrogen-bond donors (Lipinski definition) is 1. The fourth-order valence-corrected chi connectivity index (χ4v) is 1.74. The van der Waals surface area contributed by atoms with Crippen molar-refractivity contribution in [3.05, 3.63) is 24.3 Å². The highest BCUT2D eigenvalue weighted by Crippen LogP contribution is 2.25. The van der Waals surface area contributed by atoms with Crippen LogP contribution in [0.25, 0.3) is 0 Å². The van der Waals surface area contributed by atoms with Gasteiger partial charge in [0.2, 0.25) is 5.91 Å². The second-order valence-corrected chi connectivity index (χ2v) is 4.35. The molecule has 0 heterocycles. The molecule has 0 bridgehead atoms. The van der Waals surface area contributed by atoms with Crippen LogP contribution in [0.4, 0.5) is 5.69 Å². The summed E-state index contributed by atoms with van der Waals surface area (Å²) in [5.41, 5.74) is 0.912. The Morgan fingerprint density at radius 3 is 2.73 bits per heavy atom. The van der Waals surface area contributed by atoms with E-state index in [4.69, 9.17) is 0 Å². The van der Waals surface area contributed by atoms with Gasteiger partial charge in [0.25, 0.3) is 0 Å². The summed E-state index contributed by atoms with van der Waals surface area (Å²) >= 11 is 1.64. The van der Waals surface area contributed by atoms with Crippen LogP contribution in [-0.4, -0.2) is 12.2 Å². The van der Waals surface area contributed by atoms with E-state index in [1.807, 2.05) is 44.4 Å². The molecule has 15 heavy (non-hydrogen) atoms. The van der Waals surface area contributed by atoms with Gasteiger partial charge in [-0.05, 0) is 24.8 Å². The third-order valence-electron chi connectivity index (χ3n) is 2.42. The standard InChI is InChI=1S/C12H17NOS/c1-4-9(2)12(14)13-10-7-5-6-8-11(10)15-3/h5-9H,4H2,1-3H3,(H,13,14)/t9-/m0/s1. The molecule has 1 aromatic rings. The summed E-state index contributed by atoms with van der Waals surface area (Å²) in [6, 6.07) is 7.86. The van der Waals surface area contributed by atoms with Crippen LogP contribution in [0.15, 0.2) is 29.2 Å². The van der Waals surface area contributed by atoms with Crippen molar-refractivity contribution in [3.63, 3.8) is 0 Å². The van der Waals surface area contributed by atoms with Crippen molar-refractivity contribution in [2.45, 2.75) is 25.2 Å². The van der Waals surface area contributed by atoms with Gasteiger partial charge in [-0.25, -0.2) is 0 Å². The van der Waals surface area contributed by atoms with Crippen LogP contribution in [-0.2, 0) is 4.79 Å². The molecule has 2 nitrogen and oxygen atoms in total. The Morgan fingerprint density at radius 1 is 1.47 bits per heavy atom. The van der Waals surface area contributed by atoms with Gasteiger partial charge in [0.05, 0.1) is 5.69 Å². The molecular formula is C12H17NOS. The van der Waals surface area contributed by atoms with Crippen molar-refractivity contribution >= 4 is 23.4 Å². The van der Waals surface area contributed by atoms with Gasteiger partial charge >= 0.3 is 0 Å². The molecule has 1 amide bonds. The van der Waals surface area contributed by atoms with Crippen molar-refractivity contribution in [1.29, 1.82) is 0 Å². The molecule has 0 radical (unpaired) electrons. The molecule has 1 atom stereocenters. The van der Waals surface area contributed by atoms with Crippen LogP contribution >= 0.6 is 11.8 Å². The third kappa shape index (κ3) is 3.27. The summed E-state index contributed by atoms with van der Waals surface area (Å²) in [6.07, 6.45) is 2.88. The zero-order valence-corrected chi connectivity index (χ0v) is 10.2. The van der Waals surface area contributed by atoms with E-state index in [-0.39, 0.29) is 11.8 Å². The molecule has 0 fully saturated rings. The number of amides is 1. The van der Waals surface area contributed by atoms with Crippen LogP contribution in [0.3, 0.4) is 0 Å². The van der Waals surface area contributed by atoms with Crippen molar-refractivity contribution in [2.24, 2.45) is 5.92 Å². The highest BCUT2D eigenvalue weighted by molar-refractivity contribution is 7.98. The lowest BCUT2D eigenvalue weighted by atomic mass is 10.1. The summed E-state index contributed by atoms with van der Waals surface area (Å²) in [7, 11) is 0. The first-order chi connectivity index (χ1) is 7.19. The molecule has 0 aliphatic rings. The lowest BCUT2D eigenvalue weighted by Gasteiger charge is -2.12. The Balaban J connectivity index is 2.76. The predicted octanol–water partition coefficient (Wildman–Crippen LogP) is 3.39. The number of anilines is 1. The molecule has 0 saturated heterocycles. The van der Waals surface area contributed by atoms with Gasteiger partial charge in [-0.15, -0.1) is 11.8 Å². The first-order valence-electron chi connectivity index (χ1n) is 5.13. The summed E-state index contributed by atoms with van der Waals surface area (Å²) < 4.78 is 0. The predicted molar refractivity (Wildman–Crippen MR) is 66.3 cm³/mol. The van der Waals surface area contributed by atoms with Crippen LogP contribution in [0.1, 0.15) is 20.3 Å². The van der Waals surface area contributed by atoms with Gasteiger partial charge < -0.3 is 5.32 Å². The van der Waals surface area contributed by atoms with E-state index >= 15 is 0 Å². The van der Waals surface area contributed by atoms with Crippen molar-refractivity contribution < 1.29 is 4.79 Å². The lowest BCUT2D eigenvalue weighted by Crippen LogP contribution is -2.19. The number of nitrogens with one attached hydrogen (secondary N) is 1. The van der Waals surface area contributed by atoms with Gasteiger partial charge in [-0.3, -0.25) is 4.79 Å². The largest absolute Gasteiger partial charge is 0.325 e. The average Bonchev–Trinajstić information content (AvgIpc) is 2.28. The van der Waals surface area contributed by atoms with Crippen molar-refractivity contribution in [3.8, 4) is 0 Å². The van der Waals surface area contributed by atoms with E-state index in [2.05, 4.69) is 5.32 Å². The number of para-hydroxylation sites is 1. The first kappa shape index (κ1) is 12.1. The Morgan fingerprint density at radius 2 is 2.13 bits per heavy atom. The maximum Gasteiger partial charge on any atom is 0.227 e. The van der Waals surface area contributed by atoms with Gasteiger partial charge in [0.15, 0.2) is 0 Å². The lowest BCUT2D eigenvalue weighted by molar-refractivity contribution is -0.119. The number of carbonyl (C=O) groups excluding carboxylic acids is 1. The minimum atomic E-state index is 0.0694. The van der Waals surface area contributed by atoms with Crippen LogP contribution in [0.5, 0.6) is 0 Å². The molecular weight excluding hydrogens is 206 g/mol. The summed E-state index contributed by atoms with van der Waals surface area (Å²) in [5.74, 6) is 0.166. The maximum absolute atomic E-state index is 11.7. The molecule has 1 rings (SSSR count). The molecule has 3 heteroatoms. The minimum Gasteiger partial charge on any atom is -0.325 e. The Labute approximate surface area is 95.5 Å². The summed E-state index contributed by atoms with van der Waals surface area (Å²) in [6.45, 7) is 3.96. The Hall–Kier alpha value is -0.960. The number of hydrogen-bond acceptors (Lipinski definition) is 2. The fraction of sp³-hybridized carbons (Fsp3) is 0.417. The van der Waals surface area contributed by atoms with Crippen molar-refractivity contribution in [1.82, 2.24) is 0 Å². The monoisotopic (exact) mass is 223 g/mol. The topological polar surface area (TPSA) is 29.1 Å².